The Kier molecular flexibility index (Phi) is 2.67. The summed E-state index contributed by atoms with van der Waals surface area (Å²) in [5.41, 5.74) is 0.532. The van der Waals surface area contributed by atoms with E-state index in [2.05, 4.69) is 43.6 Å². The van der Waals surface area contributed by atoms with Gasteiger partial charge in [0.2, 0.25) is 0 Å². The third kappa shape index (κ3) is 2.01. The van der Waals surface area contributed by atoms with E-state index in [0.717, 1.165) is 6.04 Å². The molecule has 1 N–H and O–H groups in total. The first-order valence-corrected chi connectivity index (χ1v) is 6.31. The molecule has 0 aliphatic heterocycles. The van der Waals surface area contributed by atoms with Gasteiger partial charge in [-0.15, -0.1) is 11.3 Å². The van der Waals surface area contributed by atoms with Crippen LogP contribution in [0.15, 0.2) is 17.5 Å². The van der Waals surface area contributed by atoms with Crippen molar-refractivity contribution in [2.45, 2.75) is 45.7 Å². The van der Waals surface area contributed by atoms with Gasteiger partial charge in [0, 0.05) is 17.0 Å². The first kappa shape index (κ1) is 10.2. The normalized spacial score (nSPS) is 26.1. The fourth-order valence-corrected chi connectivity index (χ4v) is 2.76. The summed E-state index contributed by atoms with van der Waals surface area (Å²) in [5.74, 6) is 0. The maximum Gasteiger partial charge on any atom is 0.0414 e. The third-order valence-electron chi connectivity index (χ3n) is 3.21. The van der Waals surface area contributed by atoms with Gasteiger partial charge in [0.05, 0.1) is 0 Å². The molecule has 78 valence electrons. The lowest BCUT2D eigenvalue weighted by Crippen LogP contribution is -2.25. The summed E-state index contributed by atoms with van der Waals surface area (Å²) in [5, 5.41) is 5.91. The molecule has 1 aliphatic carbocycles. The molecule has 1 fully saturated rings. The smallest absolute Gasteiger partial charge is 0.0414 e. The zero-order valence-electron chi connectivity index (χ0n) is 9.21. The average molecular weight is 209 g/mol. The number of hydrogen-bond acceptors (Lipinski definition) is 2. The van der Waals surface area contributed by atoms with Crippen LogP contribution < -0.4 is 5.32 Å². The lowest BCUT2D eigenvalue weighted by atomic mass is 10.1. The van der Waals surface area contributed by atoms with Gasteiger partial charge >= 0.3 is 0 Å². The highest BCUT2D eigenvalue weighted by atomic mass is 32.1. The van der Waals surface area contributed by atoms with Crippen LogP contribution in [-0.4, -0.2) is 6.04 Å². The molecule has 0 spiro atoms. The van der Waals surface area contributed by atoms with Crippen LogP contribution in [0, 0.1) is 5.41 Å². The van der Waals surface area contributed by atoms with Crippen molar-refractivity contribution in [1.82, 2.24) is 5.32 Å². The Morgan fingerprint density at radius 3 is 2.79 bits per heavy atom. The van der Waals surface area contributed by atoms with Crippen LogP contribution in [-0.2, 0) is 0 Å². The SMILES string of the molecule is CCC(NC1CC1(C)C)c1cccs1. The van der Waals surface area contributed by atoms with E-state index in [1.54, 1.807) is 0 Å². The Bertz CT molecular complexity index is 289. The zero-order chi connectivity index (χ0) is 10.2. The van der Waals surface area contributed by atoms with Crippen molar-refractivity contribution in [2.24, 2.45) is 5.41 Å². The zero-order valence-corrected chi connectivity index (χ0v) is 10.0. The van der Waals surface area contributed by atoms with Gasteiger partial charge in [-0.25, -0.2) is 0 Å². The van der Waals surface area contributed by atoms with Crippen molar-refractivity contribution in [3.05, 3.63) is 22.4 Å². The second kappa shape index (κ2) is 3.67. The maximum absolute atomic E-state index is 3.74. The van der Waals surface area contributed by atoms with E-state index < -0.39 is 0 Å². The molecule has 2 atom stereocenters. The molecule has 0 radical (unpaired) electrons. The molecule has 0 saturated heterocycles. The third-order valence-corrected chi connectivity index (χ3v) is 4.20. The predicted molar refractivity (Wildman–Crippen MR) is 62.7 cm³/mol. The summed E-state index contributed by atoms with van der Waals surface area (Å²) < 4.78 is 0. The number of thiophene rings is 1. The van der Waals surface area contributed by atoms with E-state index in [4.69, 9.17) is 0 Å². The van der Waals surface area contributed by atoms with Crippen LogP contribution in [0.1, 0.15) is 44.5 Å². The molecule has 2 heteroatoms. The Labute approximate surface area is 90.5 Å². The van der Waals surface area contributed by atoms with Crippen molar-refractivity contribution >= 4 is 11.3 Å². The Morgan fingerprint density at radius 2 is 2.36 bits per heavy atom. The van der Waals surface area contributed by atoms with Crippen LogP contribution in [0.25, 0.3) is 0 Å². The van der Waals surface area contributed by atoms with Gasteiger partial charge in [0.1, 0.15) is 0 Å². The van der Waals surface area contributed by atoms with Gasteiger partial charge in [-0.2, -0.15) is 0 Å². The van der Waals surface area contributed by atoms with Crippen LogP contribution in [0.2, 0.25) is 0 Å². The van der Waals surface area contributed by atoms with Crippen LogP contribution in [0.4, 0.5) is 0 Å². The first-order chi connectivity index (χ1) is 6.63. The standard InChI is InChI=1S/C12H19NS/c1-4-9(10-6-5-7-14-10)13-11-8-12(11,2)3/h5-7,9,11,13H,4,8H2,1-3H3. The lowest BCUT2D eigenvalue weighted by molar-refractivity contribution is 0.466. The predicted octanol–water partition coefficient (Wildman–Crippen LogP) is 3.59. The molecule has 1 heterocycles. The molecule has 1 aromatic heterocycles. The molecule has 14 heavy (non-hydrogen) atoms. The van der Waals surface area contributed by atoms with E-state index in [9.17, 15) is 0 Å². The van der Waals surface area contributed by atoms with Gasteiger partial charge in [0.25, 0.3) is 0 Å². The highest BCUT2D eigenvalue weighted by molar-refractivity contribution is 7.10. The van der Waals surface area contributed by atoms with Gasteiger partial charge in [-0.1, -0.05) is 26.8 Å². The van der Waals surface area contributed by atoms with E-state index in [1.807, 2.05) is 11.3 Å². The maximum atomic E-state index is 3.74. The van der Waals surface area contributed by atoms with Crippen LogP contribution in [0.3, 0.4) is 0 Å². The van der Waals surface area contributed by atoms with Gasteiger partial charge in [-0.3, -0.25) is 0 Å². The number of nitrogens with one attached hydrogen (secondary N) is 1. The van der Waals surface area contributed by atoms with Crippen LogP contribution in [0.5, 0.6) is 0 Å². The Morgan fingerprint density at radius 1 is 1.64 bits per heavy atom. The molecule has 0 aromatic carbocycles. The second-order valence-electron chi connectivity index (χ2n) is 4.89. The molecule has 0 bridgehead atoms. The summed E-state index contributed by atoms with van der Waals surface area (Å²) in [6, 6.07) is 5.68. The molecular formula is C12H19NS. The summed E-state index contributed by atoms with van der Waals surface area (Å²) in [6.07, 6.45) is 2.52. The monoisotopic (exact) mass is 209 g/mol. The Hall–Kier alpha value is -0.340. The van der Waals surface area contributed by atoms with Crippen LogP contribution >= 0.6 is 11.3 Å². The Balaban J connectivity index is 1.95. The van der Waals surface area contributed by atoms with Gasteiger partial charge in [0.15, 0.2) is 0 Å². The molecule has 1 aromatic rings. The summed E-state index contributed by atoms with van der Waals surface area (Å²) in [7, 11) is 0. The molecule has 1 saturated carbocycles. The molecule has 1 aliphatic rings. The molecule has 0 amide bonds. The minimum absolute atomic E-state index is 0.532. The van der Waals surface area contributed by atoms with Crippen molar-refractivity contribution in [3.8, 4) is 0 Å². The molecule has 2 rings (SSSR count). The van der Waals surface area contributed by atoms with Crippen molar-refractivity contribution in [2.75, 3.05) is 0 Å². The average Bonchev–Trinajstić information content (AvgIpc) is 2.59. The van der Waals surface area contributed by atoms with Crippen molar-refractivity contribution in [3.63, 3.8) is 0 Å². The highest BCUT2D eigenvalue weighted by Crippen LogP contribution is 2.46. The largest absolute Gasteiger partial charge is 0.306 e. The number of rotatable bonds is 4. The summed E-state index contributed by atoms with van der Waals surface area (Å²) >= 11 is 1.86. The quantitative estimate of drug-likeness (QED) is 0.799. The van der Waals surface area contributed by atoms with Gasteiger partial charge < -0.3 is 5.32 Å². The van der Waals surface area contributed by atoms with Crippen molar-refractivity contribution in [1.29, 1.82) is 0 Å². The molecule has 2 unspecified atom stereocenters. The molecular weight excluding hydrogens is 190 g/mol. The lowest BCUT2D eigenvalue weighted by Gasteiger charge is -2.16. The fraction of sp³-hybridized carbons (Fsp3) is 0.667. The highest BCUT2D eigenvalue weighted by Gasteiger charge is 2.46. The van der Waals surface area contributed by atoms with Gasteiger partial charge in [-0.05, 0) is 29.7 Å². The minimum Gasteiger partial charge on any atom is -0.306 e. The van der Waals surface area contributed by atoms with E-state index >= 15 is 0 Å². The second-order valence-corrected chi connectivity index (χ2v) is 5.87. The van der Waals surface area contributed by atoms with E-state index in [1.165, 1.54) is 17.7 Å². The van der Waals surface area contributed by atoms with Crippen molar-refractivity contribution < 1.29 is 0 Å². The first-order valence-electron chi connectivity index (χ1n) is 5.43. The van der Waals surface area contributed by atoms with E-state index in [-0.39, 0.29) is 0 Å². The topological polar surface area (TPSA) is 12.0 Å². The fourth-order valence-electron chi connectivity index (χ4n) is 1.89. The minimum atomic E-state index is 0.532. The molecule has 1 nitrogen and oxygen atoms in total. The summed E-state index contributed by atoms with van der Waals surface area (Å²) in [4.78, 5) is 1.48. The van der Waals surface area contributed by atoms with E-state index in [0.29, 0.717) is 11.5 Å². The number of hydrogen-bond donors (Lipinski definition) is 1. The summed E-state index contributed by atoms with van der Waals surface area (Å²) in [6.45, 7) is 6.93.